The van der Waals surface area contributed by atoms with Crippen molar-refractivity contribution in [3.63, 3.8) is 0 Å². The van der Waals surface area contributed by atoms with E-state index in [1.54, 1.807) is 0 Å². The van der Waals surface area contributed by atoms with Crippen molar-refractivity contribution in [3.05, 3.63) is 53.1 Å². The molecule has 0 aliphatic heterocycles. The van der Waals surface area contributed by atoms with E-state index in [1.807, 2.05) is 12.2 Å². The summed E-state index contributed by atoms with van der Waals surface area (Å²) >= 11 is 0. The number of halogens is 2. The van der Waals surface area contributed by atoms with Crippen LogP contribution in [0.25, 0.3) is 5.57 Å². The Balaban J connectivity index is 2.38. The minimum Gasteiger partial charge on any atom is -0.207 e. The maximum atomic E-state index is 13.0. The number of hydrogen-bond donors (Lipinski definition) is 0. The first-order valence-electron chi connectivity index (χ1n) is 4.98. The average Bonchev–Trinajstić information content (AvgIpc) is 2.17. The Hall–Kier alpha value is -1.44. The first-order chi connectivity index (χ1) is 7.15. The summed E-state index contributed by atoms with van der Waals surface area (Å²) in [6.45, 7) is 2.06. The summed E-state index contributed by atoms with van der Waals surface area (Å²) < 4.78 is 26.0. The molecule has 0 atom stereocenters. The quantitative estimate of drug-likeness (QED) is 0.649. The highest BCUT2D eigenvalue weighted by Crippen LogP contribution is 2.27. The summed E-state index contributed by atoms with van der Waals surface area (Å²) in [6.07, 6.45) is 5.75. The van der Waals surface area contributed by atoms with Gasteiger partial charge < -0.3 is 0 Å². The zero-order valence-electron chi connectivity index (χ0n) is 8.56. The van der Waals surface area contributed by atoms with E-state index in [-0.39, 0.29) is 0 Å². The van der Waals surface area contributed by atoms with Crippen LogP contribution >= 0.6 is 0 Å². The molecule has 0 unspecified atom stereocenters. The lowest BCUT2D eigenvalue weighted by molar-refractivity contribution is 0.582. The zero-order chi connectivity index (χ0) is 10.8. The average molecular weight is 206 g/mol. The van der Waals surface area contributed by atoms with Gasteiger partial charge in [0.1, 0.15) is 11.6 Å². The van der Waals surface area contributed by atoms with Gasteiger partial charge in [-0.1, -0.05) is 17.7 Å². The summed E-state index contributed by atoms with van der Waals surface area (Å²) in [4.78, 5) is 0. The molecule has 0 saturated carbocycles. The van der Waals surface area contributed by atoms with E-state index in [1.165, 1.54) is 17.7 Å². The van der Waals surface area contributed by atoms with E-state index in [4.69, 9.17) is 0 Å². The van der Waals surface area contributed by atoms with Gasteiger partial charge in [-0.25, -0.2) is 8.78 Å². The molecule has 0 heterocycles. The summed E-state index contributed by atoms with van der Waals surface area (Å²) in [7, 11) is 0. The molecule has 1 aliphatic rings. The third-order valence-electron chi connectivity index (χ3n) is 2.59. The maximum absolute atomic E-state index is 13.0. The molecule has 0 saturated heterocycles. The first kappa shape index (κ1) is 10.1. The van der Waals surface area contributed by atoms with Gasteiger partial charge in [0.2, 0.25) is 0 Å². The third-order valence-corrected chi connectivity index (χ3v) is 2.59. The fourth-order valence-corrected chi connectivity index (χ4v) is 1.72. The molecule has 0 radical (unpaired) electrons. The van der Waals surface area contributed by atoms with Gasteiger partial charge in [-0.05, 0) is 43.0 Å². The third kappa shape index (κ3) is 2.32. The highest BCUT2D eigenvalue weighted by Gasteiger charge is 2.08. The van der Waals surface area contributed by atoms with Crippen molar-refractivity contribution in [1.82, 2.24) is 0 Å². The predicted octanol–water partition coefficient (Wildman–Crippen LogP) is 4.09. The minimum atomic E-state index is -0.517. The van der Waals surface area contributed by atoms with E-state index in [9.17, 15) is 8.78 Å². The monoisotopic (exact) mass is 206 g/mol. The molecule has 0 nitrogen and oxygen atoms in total. The number of benzene rings is 1. The Morgan fingerprint density at radius 2 is 1.60 bits per heavy atom. The molecule has 78 valence electrons. The lowest BCUT2D eigenvalue weighted by Crippen LogP contribution is -1.93. The van der Waals surface area contributed by atoms with Gasteiger partial charge in [0, 0.05) is 6.07 Å². The van der Waals surface area contributed by atoms with Gasteiger partial charge in [0.15, 0.2) is 0 Å². The van der Waals surface area contributed by atoms with E-state index in [0.717, 1.165) is 24.5 Å². The van der Waals surface area contributed by atoms with Crippen LogP contribution in [-0.2, 0) is 0 Å². The highest BCUT2D eigenvalue weighted by atomic mass is 19.1. The molecule has 1 aliphatic carbocycles. The van der Waals surface area contributed by atoms with Crippen molar-refractivity contribution >= 4 is 5.57 Å². The van der Waals surface area contributed by atoms with Crippen LogP contribution in [0.15, 0.2) is 35.9 Å². The van der Waals surface area contributed by atoms with E-state index in [2.05, 4.69) is 6.92 Å². The van der Waals surface area contributed by atoms with Crippen LogP contribution in [0, 0.1) is 11.6 Å². The summed E-state index contributed by atoms with van der Waals surface area (Å²) in [5.74, 6) is -1.03. The predicted molar refractivity (Wildman–Crippen MR) is 57.3 cm³/mol. The number of hydrogen-bond acceptors (Lipinski definition) is 0. The van der Waals surface area contributed by atoms with Crippen LogP contribution in [0.5, 0.6) is 0 Å². The molecule has 2 rings (SSSR count). The van der Waals surface area contributed by atoms with Crippen molar-refractivity contribution in [2.75, 3.05) is 0 Å². The fourth-order valence-electron chi connectivity index (χ4n) is 1.72. The molecular formula is C13H12F2. The molecule has 1 aromatic rings. The molecule has 0 bridgehead atoms. The van der Waals surface area contributed by atoms with Crippen LogP contribution in [-0.4, -0.2) is 0 Å². The number of allylic oxidation sites excluding steroid dienone is 4. The second kappa shape index (κ2) is 3.97. The molecule has 0 aromatic heterocycles. The van der Waals surface area contributed by atoms with E-state index >= 15 is 0 Å². The molecule has 15 heavy (non-hydrogen) atoms. The van der Waals surface area contributed by atoms with Crippen molar-refractivity contribution in [3.8, 4) is 0 Å². The second-order valence-electron chi connectivity index (χ2n) is 3.86. The van der Waals surface area contributed by atoms with Crippen LogP contribution in [0.2, 0.25) is 0 Å². The van der Waals surface area contributed by atoms with Gasteiger partial charge in [-0.15, -0.1) is 0 Å². The van der Waals surface area contributed by atoms with E-state index < -0.39 is 11.6 Å². The van der Waals surface area contributed by atoms with Crippen molar-refractivity contribution in [1.29, 1.82) is 0 Å². The largest absolute Gasteiger partial charge is 0.207 e. The van der Waals surface area contributed by atoms with Crippen LogP contribution < -0.4 is 0 Å². The van der Waals surface area contributed by atoms with E-state index in [0.29, 0.717) is 5.56 Å². The Morgan fingerprint density at radius 1 is 0.933 bits per heavy atom. The molecule has 1 aromatic carbocycles. The molecule has 0 fully saturated rings. The Labute approximate surface area is 87.9 Å². The van der Waals surface area contributed by atoms with Gasteiger partial charge in [-0.3, -0.25) is 0 Å². The summed E-state index contributed by atoms with van der Waals surface area (Å²) in [5, 5.41) is 0. The smallest absolute Gasteiger partial charge is 0.126 e. The topological polar surface area (TPSA) is 0 Å². The van der Waals surface area contributed by atoms with Crippen molar-refractivity contribution in [2.24, 2.45) is 0 Å². The van der Waals surface area contributed by atoms with Crippen LogP contribution in [0.1, 0.15) is 25.3 Å². The summed E-state index contributed by atoms with van der Waals surface area (Å²) in [6, 6.07) is 3.65. The fraction of sp³-hybridized carbons (Fsp3) is 0.231. The molecule has 2 heteroatoms. The summed E-state index contributed by atoms with van der Waals surface area (Å²) in [5.41, 5.74) is 2.95. The van der Waals surface area contributed by atoms with Crippen LogP contribution in [0.3, 0.4) is 0 Å². The van der Waals surface area contributed by atoms with Crippen molar-refractivity contribution < 1.29 is 8.78 Å². The Kier molecular flexibility index (Phi) is 2.67. The minimum absolute atomic E-state index is 0.517. The molecule has 0 N–H and O–H groups in total. The maximum Gasteiger partial charge on any atom is 0.126 e. The lowest BCUT2D eigenvalue weighted by Gasteiger charge is -2.12. The van der Waals surface area contributed by atoms with Crippen LogP contribution in [0.4, 0.5) is 8.78 Å². The molecule has 0 spiro atoms. The zero-order valence-corrected chi connectivity index (χ0v) is 8.56. The first-order valence-corrected chi connectivity index (χ1v) is 4.98. The highest BCUT2D eigenvalue weighted by molar-refractivity contribution is 5.68. The number of rotatable bonds is 1. The second-order valence-corrected chi connectivity index (χ2v) is 3.86. The normalized spacial score (nSPS) is 15.9. The Morgan fingerprint density at radius 3 is 2.13 bits per heavy atom. The molecule has 0 amide bonds. The SMILES string of the molecule is CC1=CC=C(c2cc(F)cc(F)c2)CC1. The lowest BCUT2D eigenvalue weighted by atomic mass is 9.94. The van der Waals surface area contributed by atoms with Gasteiger partial charge in [-0.2, -0.15) is 0 Å². The van der Waals surface area contributed by atoms with Gasteiger partial charge in [0.25, 0.3) is 0 Å². The molecular weight excluding hydrogens is 194 g/mol. The van der Waals surface area contributed by atoms with Gasteiger partial charge in [0.05, 0.1) is 0 Å². The standard InChI is InChI=1S/C13H12F2/c1-9-2-4-10(5-3-9)11-6-12(14)8-13(15)7-11/h2,4,6-8H,3,5H2,1H3. The van der Waals surface area contributed by atoms with Crippen molar-refractivity contribution in [2.45, 2.75) is 19.8 Å². The Bertz CT molecular complexity index is 422. The van der Waals surface area contributed by atoms with Gasteiger partial charge >= 0.3 is 0 Å².